The second-order valence-electron chi connectivity index (χ2n) is 7.02. The number of benzene rings is 2. The Labute approximate surface area is 180 Å². The second-order valence-corrected chi connectivity index (χ2v) is 8.00. The summed E-state index contributed by atoms with van der Waals surface area (Å²) in [4.78, 5) is 24.2. The van der Waals surface area contributed by atoms with Crippen molar-refractivity contribution in [1.29, 1.82) is 0 Å². The molecule has 2 N–H and O–H groups in total. The molecule has 8 heteroatoms. The first-order valence-corrected chi connectivity index (χ1v) is 10.8. The monoisotopic (exact) mass is 434 g/mol. The number of halogens is 1. The van der Waals surface area contributed by atoms with Gasteiger partial charge in [0.05, 0.1) is 19.5 Å². The Hall–Kier alpha value is -2.74. The molecule has 6 nitrogen and oxygen atoms in total. The van der Waals surface area contributed by atoms with Crippen LogP contribution in [0.15, 0.2) is 42.5 Å². The zero-order valence-corrected chi connectivity index (χ0v) is 18.2. The van der Waals surface area contributed by atoms with Crippen LogP contribution in [-0.4, -0.2) is 31.3 Å². The number of ether oxygens (including phenoxy) is 2. The van der Waals surface area contributed by atoms with Gasteiger partial charge in [-0.25, -0.2) is 4.39 Å². The number of hydrazine groups is 1. The Bertz CT molecular complexity index is 844. The first kappa shape index (κ1) is 23.5. The van der Waals surface area contributed by atoms with Crippen molar-refractivity contribution in [3.05, 3.63) is 59.4 Å². The summed E-state index contributed by atoms with van der Waals surface area (Å²) in [7, 11) is 1.51. The highest BCUT2D eigenvalue weighted by molar-refractivity contribution is 7.99. The number of hydrogen-bond donors (Lipinski definition) is 2. The largest absolute Gasteiger partial charge is 0.493 e. The van der Waals surface area contributed by atoms with E-state index in [1.165, 1.54) is 31.0 Å². The smallest absolute Gasteiger partial charge is 0.269 e. The molecule has 2 aromatic rings. The van der Waals surface area contributed by atoms with E-state index in [9.17, 15) is 14.0 Å². The van der Waals surface area contributed by atoms with E-state index in [1.807, 2.05) is 0 Å². The standard InChI is InChI=1S/C22H27FN2O4S/c1-15(2)10-11-29-19-9-6-17(12-20(19)28-3)22(27)25-24-21(26)14-30-13-16-4-7-18(23)8-5-16/h4-9,12,15H,10-11,13-14H2,1-3H3,(H,24,26)(H,25,27). The maximum Gasteiger partial charge on any atom is 0.269 e. The number of hydrogen-bond acceptors (Lipinski definition) is 5. The highest BCUT2D eigenvalue weighted by atomic mass is 32.2. The van der Waals surface area contributed by atoms with E-state index >= 15 is 0 Å². The van der Waals surface area contributed by atoms with Crippen molar-refractivity contribution < 1.29 is 23.5 Å². The predicted octanol–water partition coefficient (Wildman–Crippen LogP) is 3.95. The summed E-state index contributed by atoms with van der Waals surface area (Å²) in [6, 6.07) is 11.0. The molecule has 0 aromatic heterocycles. The molecule has 30 heavy (non-hydrogen) atoms. The third-order valence-corrected chi connectivity index (χ3v) is 5.11. The lowest BCUT2D eigenvalue weighted by Crippen LogP contribution is -2.42. The van der Waals surface area contributed by atoms with Crippen LogP contribution in [0.3, 0.4) is 0 Å². The normalized spacial score (nSPS) is 10.6. The van der Waals surface area contributed by atoms with Gasteiger partial charge in [0.1, 0.15) is 5.82 Å². The van der Waals surface area contributed by atoms with E-state index in [0.717, 1.165) is 12.0 Å². The number of carbonyl (C=O) groups is 2. The van der Waals surface area contributed by atoms with Gasteiger partial charge in [0.25, 0.3) is 5.91 Å². The van der Waals surface area contributed by atoms with Crippen molar-refractivity contribution in [3.63, 3.8) is 0 Å². The van der Waals surface area contributed by atoms with E-state index in [4.69, 9.17) is 9.47 Å². The van der Waals surface area contributed by atoms with Crippen LogP contribution in [0.4, 0.5) is 4.39 Å². The zero-order valence-electron chi connectivity index (χ0n) is 17.4. The van der Waals surface area contributed by atoms with Crippen LogP contribution in [0, 0.1) is 11.7 Å². The van der Waals surface area contributed by atoms with Gasteiger partial charge in [-0.05, 0) is 48.2 Å². The maximum atomic E-state index is 12.9. The molecule has 0 saturated carbocycles. The molecule has 2 amide bonds. The highest BCUT2D eigenvalue weighted by Gasteiger charge is 2.12. The molecule has 162 valence electrons. The van der Waals surface area contributed by atoms with Crippen LogP contribution in [-0.2, 0) is 10.5 Å². The average molecular weight is 435 g/mol. The lowest BCUT2D eigenvalue weighted by atomic mass is 10.1. The van der Waals surface area contributed by atoms with Gasteiger partial charge in [0, 0.05) is 11.3 Å². The van der Waals surface area contributed by atoms with Gasteiger partial charge in [-0.1, -0.05) is 26.0 Å². The van der Waals surface area contributed by atoms with Crippen molar-refractivity contribution in [2.75, 3.05) is 19.5 Å². The molecule has 0 atom stereocenters. The number of thioether (sulfide) groups is 1. The fourth-order valence-electron chi connectivity index (χ4n) is 2.41. The summed E-state index contributed by atoms with van der Waals surface area (Å²) < 4.78 is 23.9. The van der Waals surface area contributed by atoms with E-state index in [-0.39, 0.29) is 17.5 Å². The summed E-state index contributed by atoms with van der Waals surface area (Å²) in [5, 5.41) is 0. The molecule has 0 aliphatic heterocycles. The van der Waals surface area contributed by atoms with Crippen molar-refractivity contribution in [3.8, 4) is 11.5 Å². The van der Waals surface area contributed by atoms with E-state index < -0.39 is 5.91 Å². The molecule has 0 bridgehead atoms. The predicted molar refractivity (Wildman–Crippen MR) is 116 cm³/mol. The molecule has 0 spiro atoms. The zero-order chi connectivity index (χ0) is 21.9. The molecule has 0 unspecified atom stereocenters. The highest BCUT2D eigenvalue weighted by Crippen LogP contribution is 2.28. The second kappa shape index (κ2) is 12.1. The quantitative estimate of drug-likeness (QED) is 0.554. The maximum absolute atomic E-state index is 12.9. The average Bonchev–Trinajstić information content (AvgIpc) is 2.73. The lowest BCUT2D eigenvalue weighted by molar-refractivity contribution is -0.119. The molecule has 0 aliphatic rings. The van der Waals surface area contributed by atoms with Crippen molar-refractivity contribution in [1.82, 2.24) is 10.9 Å². The van der Waals surface area contributed by atoms with Crippen molar-refractivity contribution in [2.45, 2.75) is 26.0 Å². The summed E-state index contributed by atoms with van der Waals surface area (Å²) in [6.07, 6.45) is 0.913. The summed E-state index contributed by atoms with van der Waals surface area (Å²) in [5.41, 5.74) is 6.02. The van der Waals surface area contributed by atoms with Gasteiger partial charge in [0.2, 0.25) is 5.91 Å². The third kappa shape index (κ3) is 7.94. The number of nitrogens with one attached hydrogen (secondary N) is 2. The minimum absolute atomic E-state index is 0.156. The summed E-state index contributed by atoms with van der Waals surface area (Å²) in [5.74, 6) is 1.17. The first-order chi connectivity index (χ1) is 14.4. The Morgan fingerprint density at radius 1 is 1.07 bits per heavy atom. The van der Waals surface area contributed by atoms with Gasteiger partial charge in [0.15, 0.2) is 11.5 Å². The summed E-state index contributed by atoms with van der Waals surface area (Å²) in [6.45, 7) is 4.79. The van der Waals surface area contributed by atoms with Crippen LogP contribution < -0.4 is 20.3 Å². The van der Waals surface area contributed by atoms with E-state index in [0.29, 0.717) is 35.3 Å². The number of amides is 2. The number of methoxy groups -OCH3 is 1. The minimum atomic E-state index is -0.459. The van der Waals surface area contributed by atoms with Gasteiger partial charge >= 0.3 is 0 Å². The van der Waals surface area contributed by atoms with Crippen molar-refractivity contribution in [2.24, 2.45) is 5.92 Å². The molecule has 2 aromatic carbocycles. The van der Waals surface area contributed by atoms with Crippen LogP contribution in [0.2, 0.25) is 0 Å². The van der Waals surface area contributed by atoms with Gasteiger partial charge in [-0.2, -0.15) is 0 Å². The Morgan fingerprint density at radius 2 is 1.80 bits per heavy atom. The molecule has 0 saturated heterocycles. The minimum Gasteiger partial charge on any atom is -0.493 e. The number of rotatable bonds is 10. The third-order valence-electron chi connectivity index (χ3n) is 4.11. The van der Waals surface area contributed by atoms with E-state index in [1.54, 1.807) is 30.3 Å². The Kier molecular flexibility index (Phi) is 9.47. The summed E-state index contributed by atoms with van der Waals surface area (Å²) >= 11 is 1.36. The van der Waals surface area contributed by atoms with Crippen molar-refractivity contribution >= 4 is 23.6 Å². The van der Waals surface area contributed by atoms with Gasteiger partial charge < -0.3 is 9.47 Å². The fourth-order valence-corrected chi connectivity index (χ4v) is 3.20. The van der Waals surface area contributed by atoms with Crippen LogP contribution >= 0.6 is 11.8 Å². The van der Waals surface area contributed by atoms with Crippen LogP contribution in [0.5, 0.6) is 11.5 Å². The Balaban J connectivity index is 1.78. The van der Waals surface area contributed by atoms with Gasteiger partial charge in [-0.3, -0.25) is 20.4 Å². The first-order valence-electron chi connectivity index (χ1n) is 9.61. The van der Waals surface area contributed by atoms with Gasteiger partial charge in [-0.15, -0.1) is 11.8 Å². The molecule has 0 fully saturated rings. The van der Waals surface area contributed by atoms with E-state index in [2.05, 4.69) is 24.7 Å². The molecular weight excluding hydrogens is 407 g/mol. The lowest BCUT2D eigenvalue weighted by Gasteiger charge is -2.13. The fraction of sp³-hybridized carbons (Fsp3) is 0.364. The molecule has 0 heterocycles. The Morgan fingerprint density at radius 3 is 2.47 bits per heavy atom. The molecule has 0 radical (unpaired) electrons. The molecule has 0 aliphatic carbocycles. The number of carbonyl (C=O) groups excluding carboxylic acids is 2. The SMILES string of the molecule is COc1cc(C(=O)NNC(=O)CSCc2ccc(F)cc2)ccc1OCCC(C)C. The van der Waals surface area contributed by atoms with Crippen LogP contribution in [0.25, 0.3) is 0 Å². The molecule has 2 rings (SSSR count). The molecular formula is C22H27FN2O4S. The topological polar surface area (TPSA) is 76.7 Å². The van der Waals surface area contributed by atoms with Crippen LogP contribution in [0.1, 0.15) is 36.2 Å².